The van der Waals surface area contributed by atoms with Gasteiger partial charge in [0.25, 0.3) is 0 Å². The lowest BCUT2D eigenvalue weighted by Gasteiger charge is -2.06. The standard InChI is InChI=1S/C18H23BrClN3O2/c19-9-4-5-11-22-13-14-23(17(22)20)12-6-10-21-18(24)25-15-16-7-2-1-3-8-16/h1-3,7-8,13-14H,4-6,9-12,15H2/p+1. The van der Waals surface area contributed by atoms with Crippen LogP contribution in [0, 0.1) is 0 Å². The van der Waals surface area contributed by atoms with Crippen molar-refractivity contribution in [2.75, 3.05) is 11.9 Å². The van der Waals surface area contributed by atoms with Crippen molar-refractivity contribution in [3.8, 4) is 0 Å². The number of carbonyl (C=O) groups is 1. The van der Waals surface area contributed by atoms with Gasteiger partial charge in [-0.2, -0.15) is 0 Å². The number of unbranched alkanes of at least 4 members (excludes halogenated alkanes) is 1. The van der Waals surface area contributed by atoms with Crippen LogP contribution >= 0.6 is 27.5 Å². The molecule has 0 unspecified atom stereocenters. The highest BCUT2D eigenvalue weighted by atomic mass is 79.9. The molecule has 0 bridgehead atoms. The number of ether oxygens (including phenoxy) is 1. The van der Waals surface area contributed by atoms with Gasteiger partial charge in [-0.15, -0.1) is 0 Å². The molecule has 136 valence electrons. The number of hydrogen-bond donors (Lipinski definition) is 1. The van der Waals surface area contributed by atoms with Crippen LogP contribution in [0.3, 0.4) is 0 Å². The van der Waals surface area contributed by atoms with Crippen molar-refractivity contribution < 1.29 is 14.1 Å². The maximum atomic E-state index is 11.7. The SMILES string of the molecule is O=C(NCCC[n+]1ccn(CCCCBr)c1Cl)OCc1ccccc1. The number of benzene rings is 1. The summed E-state index contributed by atoms with van der Waals surface area (Å²) in [6, 6.07) is 9.62. The van der Waals surface area contributed by atoms with Crippen molar-refractivity contribution in [3.63, 3.8) is 0 Å². The summed E-state index contributed by atoms with van der Waals surface area (Å²) in [6.07, 6.45) is 6.59. The molecule has 1 amide bonds. The fourth-order valence-electron chi connectivity index (χ4n) is 2.37. The van der Waals surface area contributed by atoms with Crippen molar-refractivity contribution in [1.82, 2.24) is 9.88 Å². The lowest BCUT2D eigenvalue weighted by molar-refractivity contribution is -0.694. The molecule has 1 N–H and O–H groups in total. The van der Waals surface area contributed by atoms with E-state index in [4.69, 9.17) is 16.3 Å². The second kappa shape index (κ2) is 11.2. The Labute approximate surface area is 162 Å². The summed E-state index contributed by atoms with van der Waals surface area (Å²) in [6.45, 7) is 2.50. The van der Waals surface area contributed by atoms with E-state index in [0.29, 0.717) is 6.54 Å². The van der Waals surface area contributed by atoms with Crippen LogP contribution in [0.5, 0.6) is 0 Å². The summed E-state index contributed by atoms with van der Waals surface area (Å²) in [7, 11) is 0. The Kier molecular flexibility index (Phi) is 8.83. The number of nitrogens with zero attached hydrogens (tertiary/aromatic N) is 2. The van der Waals surface area contributed by atoms with E-state index in [2.05, 4.69) is 21.2 Å². The van der Waals surface area contributed by atoms with Crippen LogP contribution in [0.15, 0.2) is 42.7 Å². The number of alkyl halides is 1. The fourth-order valence-corrected chi connectivity index (χ4v) is 3.05. The van der Waals surface area contributed by atoms with Crippen molar-refractivity contribution in [3.05, 3.63) is 53.6 Å². The minimum atomic E-state index is -0.396. The molecule has 2 rings (SSSR count). The Balaban J connectivity index is 1.63. The van der Waals surface area contributed by atoms with Crippen molar-refractivity contribution in [1.29, 1.82) is 0 Å². The molecule has 25 heavy (non-hydrogen) atoms. The van der Waals surface area contributed by atoms with Gasteiger partial charge in [0, 0.05) is 29.9 Å². The van der Waals surface area contributed by atoms with Gasteiger partial charge in [-0.05, 0) is 18.4 Å². The third-order valence-corrected chi connectivity index (χ3v) is 4.74. The van der Waals surface area contributed by atoms with Crippen LogP contribution in [0.4, 0.5) is 4.79 Å². The molecule has 0 spiro atoms. The van der Waals surface area contributed by atoms with Gasteiger partial charge in [-0.25, -0.2) is 13.9 Å². The van der Waals surface area contributed by atoms with Gasteiger partial charge in [-0.3, -0.25) is 0 Å². The van der Waals surface area contributed by atoms with Gasteiger partial charge in [0.05, 0.1) is 13.1 Å². The molecular weight excluding hydrogens is 406 g/mol. The normalized spacial score (nSPS) is 10.6. The van der Waals surface area contributed by atoms with Crippen LogP contribution in [-0.4, -0.2) is 22.5 Å². The molecule has 0 saturated carbocycles. The Morgan fingerprint density at radius 2 is 2.04 bits per heavy atom. The molecule has 1 aromatic carbocycles. The molecule has 1 heterocycles. The molecule has 0 saturated heterocycles. The summed E-state index contributed by atoms with van der Waals surface area (Å²) < 4.78 is 9.21. The van der Waals surface area contributed by atoms with Crippen LogP contribution in [0.1, 0.15) is 24.8 Å². The molecule has 0 fully saturated rings. The molecule has 0 aliphatic rings. The van der Waals surface area contributed by atoms with Crippen LogP contribution < -0.4 is 9.88 Å². The zero-order chi connectivity index (χ0) is 17.9. The lowest BCUT2D eigenvalue weighted by atomic mass is 10.2. The minimum Gasteiger partial charge on any atom is -0.445 e. The van der Waals surface area contributed by atoms with Gasteiger partial charge in [0.1, 0.15) is 19.0 Å². The maximum absolute atomic E-state index is 11.7. The minimum absolute atomic E-state index is 0.282. The van der Waals surface area contributed by atoms with Crippen molar-refractivity contribution >= 4 is 33.6 Å². The summed E-state index contributed by atoms with van der Waals surface area (Å²) in [4.78, 5) is 11.7. The first-order valence-corrected chi connectivity index (χ1v) is 9.95. The number of nitrogens with one attached hydrogen (secondary N) is 1. The number of alkyl carbamates (subject to hydrolysis) is 1. The molecule has 0 aliphatic carbocycles. The molecule has 2 aromatic rings. The summed E-state index contributed by atoms with van der Waals surface area (Å²) >= 11 is 9.80. The Hall–Kier alpha value is -1.53. The summed E-state index contributed by atoms with van der Waals surface area (Å²) in [5.41, 5.74) is 0.973. The van der Waals surface area contributed by atoms with E-state index in [1.54, 1.807) is 0 Å². The maximum Gasteiger partial charge on any atom is 0.407 e. The first-order chi connectivity index (χ1) is 12.2. The summed E-state index contributed by atoms with van der Waals surface area (Å²) in [5.74, 6) is 0. The molecular formula is C18H24BrClN3O2+. The summed E-state index contributed by atoms with van der Waals surface area (Å²) in [5, 5.41) is 4.50. The van der Waals surface area contributed by atoms with Gasteiger partial charge in [-0.1, -0.05) is 46.3 Å². The molecule has 7 heteroatoms. The number of halogens is 2. The highest BCUT2D eigenvalue weighted by Gasteiger charge is 2.13. The van der Waals surface area contributed by atoms with Crippen molar-refractivity contribution in [2.45, 2.75) is 39.0 Å². The van der Waals surface area contributed by atoms with Crippen molar-refractivity contribution in [2.24, 2.45) is 0 Å². The van der Waals surface area contributed by atoms with E-state index < -0.39 is 6.09 Å². The Morgan fingerprint density at radius 3 is 2.80 bits per heavy atom. The predicted molar refractivity (Wildman–Crippen MR) is 102 cm³/mol. The highest BCUT2D eigenvalue weighted by molar-refractivity contribution is 9.09. The molecule has 0 atom stereocenters. The lowest BCUT2D eigenvalue weighted by Crippen LogP contribution is -2.36. The average molecular weight is 430 g/mol. The quantitative estimate of drug-likeness (QED) is 0.353. The zero-order valence-electron chi connectivity index (χ0n) is 14.2. The number of aromatic nitrogens is 2. The first kappa shape index (κ1) is 19.8. The Morgan fingerprint density at radius 1 is 1.24 bits per heavy atom. The van der Waals surface area contributed by atoms with E-state index in [-0.39, 0.29) is 6.61 Å². The van der Waals surface area contributed by atoms with Crippen LogP contribution in [0.2, 0.25) is 5.28 Å². The smallest absolute Gasteiger partial charge is 0.407 e. The largest absolute Gasteiger partial charge is 0.445 e. The zero-order valence-corrected chi connectivity index (χ0v) is 16.5. The second-order valence-electron chi connectivity index (χ2n) is 5.69. The number of imidazole rings is 1. The average Bonchev–Trinajstić information content (AvgIpc) is 2.98. The van der Waals surface area contributed by atoms with E-state index >= 15 is 0 Å². The number of carbonyl (C=O) groups excluding carboxylic acids is 1. The highest BCUT2D eigenvalue weighted by Crippen LogP contribution is 2.06. The topological polar surface area (TPSA) is 47.1 Å². The fraction of sp³-hybridized carbons (Fsp3) is 0.444. The number of aryl methyl sites for hydroxylation is 2. The first-order valence-electron chi connectivity index (χ1n) is 8.45. The number of rotatable bonds is 10. The van der Waals surface area contributed by atoms with E-state index in [1.165, 1.54) is 0 Å². The van der Waals surface area contributed by atoms with Gasteiger partial charge in [0.2, 0.25) is 0 Å². The molecule has 5 nitrogen and oxygen atoms in total. The Bertz CT molecular complexity index is 649. The van der Waals surface area contributed by atoms with Gasteiger partial charge < -0.3 is 10.1 Å². The second-order valence-corrected chi connectivity index (χ2v) is 6.82. The number of hydrogen-bond acceptors (Lipinski definition) is 2. The predicted octanol–water partition coefficient (Wildman–Crippen LogP) is 3.92. The number of amides is 1. The molecule has 1 aromatic heterocycles. The molecule has 0 radical (unpaired) electrons. The van der Waals surface area contributed by atoms with Crippen LogP contribution in [-0.2, 0) is 24.4 Å². The van der Waals surface area contributed by atoms with Gasteiger partial charge >= 0.3 is 11.4 Å². The monoisotopic (exact) mass is 428 g/mol. The third-order valence-electron chi connectivity index (χ3n) is 3.74. The van der Waals surface area contributed by atoms with E-state index in [1.807, 2.05) is 51.9 Å². The van der Waals surface area contributed by atoms with E-state index in [9.17, 15) is 4.79 Å². The third kappa shape index (κ3) is 7.08. The van der Waals surface area contributed by atoms with Gasteiger partial charge in [0.15, 0.2) is 0 Å². The van der Waals surface area contributed by atoms with Crippen LogP contribution in [0.25, 0.3) is 0 Å². The molecule has 0 aliphatic heterocycles. The van der Waals surface area contributed by atoms with E-state index in [0.717, 1.165) is 48.5 Å².